The number of hydrogen-bond donors (Lipinski definition) is 0. The molecule has 17 heavy (non-hydrogen) atoms. The molecule has 0 bridgehead atoms. The van der Waals surface area contributed by atoms with Gasteiger partial charge in [-0.05, 0) is 45.9 Å². The fraction of sp³-hybridized carbons (Fsp3) is 0.571. The molecule has 0 aliphatic rings. The third kappa shape index (κ3) is 3.63. The molecule has 0 aromatic heterocycles. The molecule has 0 spiro atoms. The van der Waals surface area contributed by atoms with Crippen LogP contribution in [0.15, 0.2) is 22.7 Å². The number of hydrogen-bond acceptors (Lipinski definition) is 2. The summed E-state index contributed by atoms with van der Waals surface area (Å²) in [6, 6.07) is 6.67. The summed E-state index contributed by atoms with van der Waals surface area (Å²) in [6.45, 7) is 13.0. The second-order valence-corrected chi connectivity index (χ2v) is 4.93. The van der Waals surface area contributed by atoms with Crippen molar-refractivity contribution in [2.45, 2.75) is 27.7 Å². The van der Waals surface area contributed by atoms with Crippen LogP contribution in [0, 0.1) is 0 Å². The van der Waals surface area contributed by atoms with Crippen LogP contribution in [0.4, 0.5) is 11.4 Å². The van der Waals surface area contributed by atoms with Crippen LogP contribution in [0.5, 0.6) is 0 Å². The summed E-state index contributed by atoms with van der Waals surface area (Å²) in [7, 11) is 0. The maximum absolute atomic E-state index is 3.61. The summed E-state index contributed by atoms with van der Waals surface area (Å²) in [5.41, 5.74) is 2.59. The Labute approximate surface area is 114 Å². The Morgan fingerprint density at radius 3 is 1.41 bits per heavy atom. The van der Waals surface area contributed by atoms with E-state index in [4.69, 9.17) is 0 Å². The molecule has 96 valence electrons. The normalized spacial score (nSPS) is 10.4. The maximum atomic E-state index is 3.61. The summed E-state index contributed by atoms with van der Waals surface area (Å²) in [5.74, 6) is 0. The minimum absolute atomic E-state index is 1.05. The molecule has 3 heteroatoms. The van der Waals surface area contributed by atoms with Gasteiger partial charge < -0.3 is 9.80 Å². The largest absolute Gasteiger partial charge is 0.372 e. The lowest BCUT2D eigenvalue weighted by molar-refractivity contribution is 0.851. The van der Waals surface area contributed by atoms with Crippen molar-refractivity contribution >= 4 is 27.3 Å². The Bertz CT molecular complexity index is 314. The van der Waals surface area contributed by atoms with Crippen LogP contribution in [0.25, 0.3) is 0 Å². The molecule has 0 heterocycles. The standard InChI is InChI=1S/C14H23BrN2/c1-5-16(6-2)13-9-12(15)10-14(11-13)17(7-3)8-4/h9-11H,5-8H2,1-4H3. The lowest BCUT2D eigenvalue weighted by Crippen LogP contribution is -2.24. The van der Waals surface area contributed by atoms with Gasteiger partial charge >= 0.3 is 0 Å². The molecule has 0 radical (unpaired) electrons. The van der Waals surface area contributed by atoms with Crippen LogP contribution in [0.2, 0.25) is 0 Å². The first kappa shape index (κ1) is 14.4. The molecular weight excluding hydrogens is 276 g/mol. The van der Waals surface area contributed by atoms with Gasteiger partial charge in [-0.25, -0.2) is 0 Å². The minimum atomic E-state index is 1.05. The van der Waals surface area contributed by atoms with Crippen LogP contribution in [0.3, 0.4) is 0 Å². The number of benzene rings is 1. The first-order valence-electron chi connectivity index (χ1n) is 6.46. The van der Waals surface area contributed by atoms with Gasteiger partial charge in [-0.3, -0.25) is 0 Å². The average Bonchev–Trinajstić information content (AvgIpc) is 2.31. The van der Waals surface area contributed by atoms with Crippen molar-refractivity contribution in [3.8, 4) is 0 Å². The van der Waals surface area contributed by atoms with Crippen LogP contribution in [-0.2, 0) is 0 Å². The van der Waals surface area contributed by atoms with Crippen LogP contribution in [0.1, 0.15) is 27.7 Å². The smallest absolute Gasteiger partial charge is 0.0398 e. The molecule has 0 amide bonds. The SMILES string of the molecule is CCN(CC)c1cc(Br)cc(N(CC)CC)c1. The predicted octanol–water partition coefficient (Wildman–Crippen LogP) is 4.14. The molecule has 0 aliphatic heterocycles. The van der Waals surface area contributed by atoms with E-state index in [0.717, 1.165) is 30.7 Å². The second-order valence-electron chi connectivity index (χ2n) is 4.01. The van der Waals surface area contributed by atoms with E-state index in [1.54, 1.807) is 0 Å². The van der Waals surface area contributed by atoms with Crippen molar-refractivity contribution < 1.29 is 0 Å². The summed E-state index contributed by atoms with van der Waals surface area (Å²) in [4.78, 5) is 4.75. The summed E-state index contributed by atoms with van der Waals surface area (Å²) >= 11 is 3.61. The fourth-order valence-corrected chi connectivity index (χ4v) is 2.57. The summed E-state index contributed by atoms with van der Waals surface area (Å²) in [5, 5.41) is 0. The monoisotopic (exact) mass is 298 g/mol. The van der Waals surface area contributed by atoms with Crippen LogP contribution < -0.4 is 9.80 Å². The third-order valence-corrected chi connectivity index (χ3v) is 3.58. The van der Waals surface area contributed by atoms with E-state index in [2.05, 4.69) is 71.6 Å². The maximum Gasteiger partial charge on any atom is 0.0398 e. The minimum Gasteiger partial charge on any atom is -0.372 e. The van der Waals surface area contributed by atoms with Gasteiger partial charge in [-0.15, -0.1) is 0 Å². The van der Waals surface area contributed by atoms with Gasteiger partial charge in [0, 0.05) is 42.0 Å². The molecule has 1 aromatic rings. The molecule has 0 N–H and O–H groups in total. The molecule has 1 aromatic carbocycles. The Balaban J connectivity index is 3.08. The van der Waals surface area contributed by atoms with E-state index >= 15 is 0 Å². The highest BCUT2D eigenvalue weighted by atomic mass is 79.9. The summed E-state index contributed by atoms with van der Waals surface area (Å²) in [6.07, 6.45) is 0. The van der Waals surface area contributed by atoms with Crippen molar-refractivity contribution in [2.24, 2.45) is 0 Å². The molecule has 0 fully saturated rings. The lowest BCUT2D eigenvalue weighted by Gasteiger charge is -2.26. The van der Waals surface area contributed by atoms with Crippen LogP contribution >= 0.6 is 15.9 Å². The molecule has 2 nitrogen and oxygen atoms in total. The number of nitrogens with zero attached hydrogens (tertiary/aromatic N) is 2. The van der Waals surface area contributed by atoms with Crippen molar-refractivity contribution in [1.82, 2.24) is 0 Å². The zero-order valence-corrected chi connectivity index (χ0v) is 12.9. The van der Waals surface area contributed by atoms with Gasteiger partial charge in [0.2, 0.25) is 0 Å². The average molecular weight is 299 g/mol. The highest BCUT2D eigenvalue weighted by Gasteiger charge is 2.08. The topological polar surface area (TPSA) is 6.48 Å². The molecule has 1 rings (SSSR count). The van der Waals surface area contributed by atoms with Gasteiger partial charge in [-0.1, -0.05) is 15.9 Å². The van der Waals surface area contributed by atoms with Gasteiger partial charge in [0.25, 0.3) is 0 Å². The van der Waals surface area contributed by atoms with E-state index < -0.39 is 0 Å². The zero-order valence-electron chi connectivity index (χ0n) is 11.3. The summed E-state index contributed by atoms with van der Waals surface area (Å²) < 4.78 is 1.16. The Morgan fingerprint density at radius 1 is 0.765 bits per heavy atom. The van der Waals surface area contributed by atoms with E-state index in [9.17, 15) is 0 Å². The van der Waals surface area contributed by atoms with Crippen molar-refractivity contribution in [3.63, 3.8) is 0 Å². The highest BCUT2D eigenvalue weighted by molar-refractivity contribution is 9.10. The zero-order chi connectivity index (χ0) is 12.8. The van der Waals surface area contributed by atoms with Gasteiger partial charge in [0.1, 0.15) is 0 Å². The highest BCUT2D eigenvalue weighted by Crippen LogP contribution is 2.28. The van der Waals surface area contributed by atoms with E-state index in [0.29, 0.717) is 0 Å². The number of halogens is 1. The van der Waals surface area contributed by atoms with Crippen LogP contribution in [-0.4, -0.2) is 26.2 Å². The van der Waals surface area contributed by atoms with E-state index in [1.165, 1.54) is 11.4 Å². The Kier molecular flexibility index (Phi) is 5.83. The molecule has 0 saturated heterocycles. The number of anilines is 2. The second kappa shape index (κ2) is 6.90. The molecular formula is C14H23BrN2. The van der Waals surface area contributed by atoms with E-state index in [-0.39, 0.29) is 0 Å². The first-order valence-corrected chi connectivity index (χ1v) is 7.25. The quantitative estimate of drug-likeness (QED) is 0.779. The van der Waals surface area contributed by atoms with E-state index in [1.807, 2.05) is 0 Å². The molecule has 0 aliphatic carbocycles. The molecule has 0 unspecified atom stereocenters. The lowest BCUT2D eigenvalue weighted by atomic mass is 10.2. The molecule has 0 saturated carbocycles. The van der Waals surface area contributed by atoms with Gasteiger partial charge in [0.05, 0.1) is 0 Å². The first-order chi connectivity index (χ1) is 8.15. The van der Waals surface area contributed by atoms with Gasteiger partial charge in [0.15, 0.2) is 0 Å². The van der Waals surface area contributed by atoms with Crippen molar-refractivity contribution in [1.29, 1.82) is 0 Å². The fourth-order valence-electron chi connectivity index (χ4n) is 2.10. The Morgan fingerprint density at radius 2 is 1.12 bits per heavy atom. The predicted molar refractivity (Wildman–Crippen MR) is 81.3 cm³/mol. The molecule has 0 atom stereocenters. The van der Waals surface area contributed by atoms with Crippen molar-refractivity contribution in [3.05, 3.63) is 22.7 Å². The Hall–Kier alpha value is -0.700. The number of rotatable bonds is 6. The third-order valence-electron chi connectivity index (χ3n) is 3.12. The van der Waals surface area contributed by atoms with Gasteiger partial charge in [-0.2, -0.15) is 0 Å². The van der Waals surface area contributed by atoms with Crippen molar-refractivity contribution in [2.75, 3.05) is 36.0 Å².